The molecule has 1 aromatic heterocycles. The summed E-state index contributed by atoms with van der Waals surface area (Å²) in [5, 5.41) is 3.47. The molecule has 4 rings (SSSR count). The van der Waals surface area contributed by atoms with Crippen molar-refractivity contribution in [3.63, 3.8) is 0 Å². The highest BCUT2D eigenvalue weighted by molar-refractivity contribution is 7.99. The average Bonchev–Trinajstić information content (AvgIpc) is 3.19. The summed E-state index contributed by atoms with van der Waals surface area (Å²) in [7, 11) is 0. The van der Waals surface area contributed by atoms with Gasteiger partial charge in [-0.1, -0.05) is 30.0 Å². The van der Waals surface area contributed by atoms with Crippen molar-refractivity contribution >= 4 is 17.7 Å². The highest BCUT2D eigenvalue weighted by Crippen LogP contribution is 2.27. The Bertz CT molecular complexity index is 809. The van der Waals surface area contributed by atoms with Crippen LogP contribution >= 0.6 is 11.8 Å². The van der Waals surface area contributed by atoms with Crippen LogP contribution in [-0.4, -0.2) is 33.9 Å². The molecule has 1 aromatic carbocycles. The second kappa shape index (κ2) is 5.73. The van der Waals surface area contributed by atoms with Crippen LogP contribution in [0.15, 0.2) is 40.4 Å². The van der Waals surface area contributed by atoms with Crippen LogP contribution in [-0.2, 0) is 13.0 Å². The van der Waals surface area contributed by atoms with Gasteiger partial charge in [-0.25, -0.2) is 4.98 Å². The zero-order valence-electron chi connectivity index (χ0n) is 12.3. The maximum absolute atomic E-state index is 12.3. The molecule has 1 amide bonds. The van der Waals surface area contributed by atoms with Crippen molar-refractivity contribution in [1.82, 2.24) is 14.9 Å². The summed E-state index contributed by atoms with van der Waals surface area (Å²) in [5.41, 5.74) is 0.961. The van der Waals surface area contributed by atoms with E-state index in [1.54, 1.807) is 4.57 Å². The minimum atomic E-state index is -0.394. The Kier molecular flexibility index (Phi) is 3.57. The maximum atomic E-state index is 12.3. The molecular weight excluding hydrogens is 314 g/mol. The molecule has 6 nitrogen and oxygen atoms in total. The standard InChI is InChI=1S/C16H15N3O3S/c20-14(12-9-18-16-19(15(12)21)5-6-23-16)17-8-11-7-10-3-1-2-4-13(10)22-11/h1-4,9,11H,5-8H2,(H,17,20)/t11-/m0/s1. The number of para-hydroxylation sites is 1. The summed E-state index contributed by atoms with van der Waals surface area (Å²) in [6.45, 7) is 0.970. The van der Waals surface area contributed by atoms with Gasteiger partial charge in [-0.15, -0.1) is 0 Å². The third-order valence-corrected chi connectivity index (χ3v) is 4.98. The molecule has 1 atom stereocenters. The van der Waals surface area contributed by atoms with Gasteiger partial charge in [0.15, 0.2) is 5.16 Å². The Morgan fingerprint density at radius 2 is 2.30 bits per heavy atom. The number of carbonyl (C=O) groups is 1. The van der Waals surface area contributed by atoms with Crippen molar-refractivity contribution in [2.75, 3.05) is 12.3 Å². The Labute approximate surface area is 136 Å². The first-order valence-electron chi connectivity index (χ1n) is 7.48. The van der Waals surface area contributed by atoms with Crippen molar-refractivity contribution in [3.05, 3.63) is 51.9 Å². The first kappa shape index (κ1) is 14.3. The molecule has 2 aliphatic rings. The van der Waals surface area contributed by atoms with E-state index in [0.29, 0.717) is 18.2 Å². The molecule has 0 aliphatic carbocycles. The molecule has 0 fully saturated rings. The van der Waals surface area contributed by atoms with Crippen molar-refractivity contribution in [1.29, 1.82) is 0 Å². The fraction of sp³-hybridized carbons (Fsp3) is 0.312. The van der Waals surface area contributed by atoms with Crippen LogP contribution in [0.25, 0.3) is 0 Å². The van der Waals surface area contributed by atoms with Crippen LogP contribution in [0.3, 0.4) is 0 Å². The van der Waals surface area contributed by atoms with Crippen molar-refractivity contribution in [2.24, 2.45) is 0 Å². The first-order valence-corrected chi connectivity index (χ1v) is 8.46. The number of thioether (sulfide) groups is 1. The Balaban J connectivity index is 1.43. The molecule has 2 aromatic rings. The molecule has 0 saturated heterocycles. The van der Waals surface area contributed by atoms with Gasteiger partial charge in [0.1, 0.15) is 17.4 Å². The van der Waals surface area contributed by atoms with E-state index in [-0.39, 0.29) is 17.2 Å². The lowest BCUT2D eigenvalue weighted by Gasteiger charge is -2.12. The Morgan fingerprint density at radius 1 is 1.43 bits per heavy atom. The van der Waals surface area contributed by atoms with E-state index in [4.69, 9.17) is 4.74 Å². The minimum Gasteiger partial charge on any atom is -0.488 e. The fourth-order valence-corrected chi connectivity index (χ4v) is 3.76. The lowest BCUT2D eigenvalue weighted by Crippen LogP contribution is -2.38. The van der Waals surface area contributed by atoms with E-state index in [1.165, 1.54) is 18.0 Å². The van der Waals surface area contributed by atoms with Gasteiger partial charge < -0.3 is 10.1 Å². The number of nitrogens with one attached hydrogen (secondary N) is 1. The highest BCUT2D eigenvalue weighted by Gasteiger charge is 2.24. The van der Waals surface area contributed by atoms with E-state index in [1.807, 2.05) is 24.3 Å². The predicted octanol–water partition coefficient (Wildman–Crippen LogP) is 1.08. The predicted molar refractivity (Wildman–Crippen MR) is 86.1 cm³/mol. The number of nitrogens with zero attached hydrogens (tertiary/aromatic N) is 2. The van der Waals surface area contributed by atoms with Gasteiger partial charge in [0.2, 0.25) is 0 Å². The third kappa shape index (κ3) is 2.61. The lowest BCUT2D eigenvalue weighted by atomic mass is 10.1. The van der Waals surface area contributed by atoms with Gasteiger partial charge in [0.05, 0.1) is 6.54 Å². The van der Waals surface area contributed by atoms with Gasteiger partial charge in [-0.2, -0.15) is 0 Å². The molecule has 0 saturated carbocycles. The van der Waals surface area contributed by atoms with E-state index in [9.17, 15) is 9.59 Å². The summed E-state index contributed by atoms with van der Waals surface area (Å²) < 4.78 is 7.34. The van der Waals surface area contributed by atoms with E-state index in [2.05, 4.69) is 10.3 Å². The Morgan fingerprint density at radius 3 is 3.17 bits per heavy atom. The fourth-order valence-electron chi connectivity index (χ4n) is 2.84. The molecule has 0 radical (unpaired) electrons. The molecule has 118 valence electrons. The topological polar surface area (TPSA) is 73.2 Å². The average molecular weight is 329 g/mol. The number of ether oxygens (including phenoxy) is 1. The molecule has 1 N–H and O–H groups in total. The smallest absolute Gasteiger partial charge is 0.267 e. The molecule has 2 aliphatic heterocycles. The monoisotopic (exact) mass is 329 g/mol. The number of carbonyl (C=O) groups excluding carboxylic acids is 1. The SMILES string of the molecule is O=C(NC[C@@H]1Cc2ccccc2O1)c1cnc2n(c1=O)CCS2. The summed E-state index contributed by atoms with van der Waals surface area (Å²) in [5.74, 6) is 1.29. The lowest BCUT2D eigenvalue weighted by molar-refractivity contribution is 0.0930. The highest BCUT2D eigenvalue weighted by atomic mass is 32.2. The molecule has 23 heavy (non-hydrogen) atoms. The van der Waals surface area contributed by atoms with Crippen molar-refractivity contribution in [2.45, 2.75) is 24.2 Å². The maximum Gasteiger partial charge on any atom is 0.267 e. The minimum absolute atomic E-state index is 0.0896. The van der Waals surface area contributed by atoms with Gasteiger partial charge in [0.25, 0.3) is 11.5 Å². The molecule has 7 heteroatoms. The number of fused-ring (bicyclic) bond motifs is 2. The Hall–Kier alpha value is -2.28. The van der Waals surface area contributed by atoms with Gasteiger partial charge in [-0.3, -0.25) is 14.2 Å². The number of rotatable bonds is 3. The molecule has 0 spiro atoms. The number of aromatic nitrogens is 2. The van der Waals surface area contributed by atoms with Gasteiger partial charge in [-0.05, 0) is 11.6 Å². The normalized spacial score (nSPS) is 18.2. The second-order valence-corrected chi connectivity index (χ2v) is 6.58. The van der Waals surface area contributed by atoms with E-state index in [0.717, 1.165) is 23.5 Å². The van der Waals surface area contributed by atoms with E-state index >= 15 is 0 Å². The zero-order valence-corrected chi connectivity index (χ0v) is 13.1. The second-order valence-electron chi connectivity index (χ2n) is 5.52. The van der Waals surface area contributed by atoms with Crippen molar-refractivity contribution in [3.8, 4) is 5.75 Å². The number of benzene rings is 1. The molecule has 3 heterocycles. The van der Waals surface area contributed by atoms with Crippen LogP contribution in [0, 0.1) is 0 Å². The van der Waals surface area contributed by atoms with E-state index < -0.39 is 5.91 Å². The number of hydrogen-bond acceptors (Lipinski definition) is 5. The van der Waals surface area contributed by atoms with Crippen LogP contribution in [0.4, 0.5) is 0 Å². The third-order valence-electron chi connectivity index (χ3n) is 4.01. The van der Waals surface area contributed by atoms with Crippen LogP contribution in [0.1, 0.15) is 15.9 Å². The van der Waals surface area contributed by atoms with Crippen molar-refractivity contribution < 1.29 is 9.53 Å². The van der Waals surface area contributed by atoms with Gasteiger partial charge >= 0.3 is 0 Å². The summed E-state index contributed by atoms with van der Waals surface area (Å²) in [4.78, 5) is 28.7. The molecule has 0 unspecified atom stereocenters. The van der Waals surface area contributed by atoms with Gasteiger partial charge in [0, 0.05) is 24.9 Å². The van der Waals surface area contributed by atoms with Crippen LogP contribution in [0.2, 0.25) is 0 Å². The summed E-state index contributed by atoms with van der Waals surface area (Å²) in [6, 6.07) is 7.84. The largest absolute Gasteiger partial charge is 0.488 e. The quantitative estimate of drug-likeness (QED) is 0.853. The first-order chi connectivity index (χ1) is 11.2. The number of amides is 1. The summed E-state index contributed by atoms with van der Waals surface area (Å²) in [6.07, 6.45) is 2.03. The summed E-state index contributed by atoms with van der Waals surface area (Å²) >= 11 is 1.53. The molecular formula is C16H15N3O3S. The van der Waals surface area contributed by atoms with Crippen LogP contribution < -0.4 is 15.6 Å². The molecule has 0 bridgehead atoms. The van der Waals surface area contributed by atoms with Crippen LogP contribution in [0.5, 0.6) is 5.75 Å². The zero-order chi connectivity index (χ0) is 15.8. The number of hydrogen-bond donors (Lipinski definition) is 1.